The zero-order valence-electron chi connectivity index (χ0n) is 15.3. The Labute approximate surface area is 159 Å². The molecule has 6 nitrogen and oxygen atoms in total. The Morgan fingerprint density at radius 2 is 1.86 bits per heavy atom. The number of carbonyl (C=O) groups is 2. The molecule has 10 heteroatoms. The van der Waals surface area contributed by atoms with Gasteiger partial charge in [-0.05, 0) is 24.1 Å². The number of aromatic carboxylic acids is 1. The van der Waals surface area contributed by atoms with Crippen molar-refractivity contribution in [2.45, 2.75) is 38.8 Å². The highest BCUT2D eigenvalue weighted by molar-refractivity contribution is 5.89. The fraction of sp³-hybridized carbons (Fsp3) is 0.556. The topological polar surface area (TPSA) is 70.1 Å². The van der Waals surface area contributed by atoms with Crippen molar-refractivity contribution in [2.24, 2.45) is 0 Å². The number of hydrogen-bond acceptors (Lipinski definition) is 4. The van der Waals surface area contributed by atoms with Gasteiger partial charge in [0.1, 0.15) is 0 Å². The lowest BCUT2D eigenvalue weighted by Crippen LogP contribution is -2.48. The molecule has 1 aliphatic heterocycles. The van der Waals surface area contributed by atoms with Gasteiger partial charge in [-0.15, -0.1) is 0 Å². The van der Waals surface area contributed by atoms with Gasteiger partial charge < -0.3 is 14.7 Å². The number of rotatable bonds is 6. The Morgan fingerprint density at radius 1 is 1.21 bits per heavy atom. The number of carbonyl (C=O) groups excluding carboxylic acids is 1. The van der Waals surface area contributed by atoms with Crippen LogP contribution in [0, 0.1) is 0 Å². The third-order valence-electron chi connectivity index (χ3n) is 4.40. The van der Waals surface area contributed by atoms with Crippen molar-refractivity contribution in [3.8, 4) is 0 Å². The lowest BCUT2D eigenvalue weighted by molar-refractivity contribution is -0.138. The van der Waals surface area contributed by atoms with E-state index in [1.807, 2.05) is 4.90 Å². The number of hydrogen-bond donors (Lipinski definition) is 1. The minimum Gasteiger partial charge on any atom is -0.478 e. The van der Waals surface area contributed by atoms with Gasteiger partial charge in [-0.1, -0.05) is 13.0 Å². The monoisotopic (exact) mass is 406 g/mol. The average Bonchev–Trinajstić information content (AvgIpc) is 2.61. The van der Waals surface area contributed by atoms with Gasteiger partial charge in [0.2, 0.25) is 6.36 Å². The number of benzene rings is 1. The Bertz CT molecular complexity index is 703. The van der Waals surface area contributed by atoms with E-state index in [2.05, 4.69) is 0 Å². The van der Waals surface area contributed by atoms with Gasteiger partial charge in [0, 0.05) is 39.1 Å². The van der Waals surface area contributed by atoms with E-state index in [-0.39, 0.29) is 26.1 Å². The molecular weight excluding hydrogens is 384 g/mol. The molecular formula is C18H22F4N2O4. The van der Waals surface area contributed by atoms with Crippen LogP contribution in [0.25, 0.3) is 0 Å². The molecule has 1 saturated heterocycles. The van der Waals surface area contributed by atoms with Crippen molar-refractivity contribution in [1.82, 2.24) is 9.80 Å². The molecule has 1 atom stereocenters. The molecule has 1 aromatic rings. The van der Waals surface area contributed by atoms with Crippen molar-refractivity contribution in [2.75, 3.05) is 26.2 Å². The molecule has 1 amide bonds. The molecule has 2 rings (SSSR count). The SMILES string of the molecule is CCCC(F)OC(=O)N1CCN(Cc2ccc(C(=O)O)c(C(F)(F)F)c2)CC1. The van der Waals surface area contributed by atoms with E-state index in [1.165, 1.54) is 11.0 Å². The zero-order chi connectivity index (χ0) is 20.9. The highest BCUT2D eigenvalue weighted by atomic mass is 19.4. The smallest absolute Gasteiger partial charge is 0.417 e. The first-order valence-corrected chi connectivity index (χ1v) is 8.87. The summed E-state index contributed by atoms with van der Waals surface area (Å²) in [7, 11) is 0. The Morgan fingerprint density at radius 3 is 2.39 bits per heavy atom. The Kier molecular flexibility index (Phi) is 7.22. The fourth-order valence-electron chi connectivity index (χ4n) is 2.93. The second kappa shape index (κ2) is 9.22. The lowest BCUT2D eigenvalue weighted by atomic mass is 10.0. The number of ether oxygens (including phenoxy) is 1. The molecule has 1 unspecified atom stereocenters. The quantitative estimate of drug-likeness (QED) is 0.729. The predicted molar refractivity (Wildman–Crippen MR) is 91.5 cm³/mol. The van der Waals surface area contributed by atoms with Gasteiger partial charge >= 0.3 is 18.2 Å². The Balaban J connectivity index is 1.96. The number of alkyl halides is 4. The fourth-order valence-corrected chi connectivity index (χ4v) is 2.93. The van der Waals surface area contributed by atoms with E-state index in [0.717, 1.165) is 12.1 Å². The minimum atomic E-state index is -4.77. The predicted octanol–water partition coefficient (Wildman–Crippen LogP) is 3.75. The van der Waals surface area contributed by atoms with Crippen LogP contribution in [0.3, 0.4) is 0 Å². The normalized spacial score (nSPS) is 16.7. The maximum atomic E-state index is 13.4. The average molecular weight is 406 g/mol. The summed E-state index contributed by atoms with van der Waals surface area (Å²) in [5.74, 6) is -1.64. The standard InChI is InChI=1S/C18H22F4N2O4/c1-2-3-15(19)28-17(27)24-8-6-23(7-9-24)11-12-4-5-13(16(25)26)14(10-12)18(20,21)22/h4-5,10,15H,2-3,6-9,11H2,1H3,(H,25,26). The molecule has 28 heavy (non-hydrogen) atoms. The molecule has 0 aromatic heterocycles. The van der Waals surface area contributed by atoms with Crippen LogP contribution < -0.4 is 0 Å². The van der Waals surface area contributed by atoms with Gasteiger partial charge in [-0.25, -0.2) is 14.0 Å². The Hall–Kier alpha value is -2.36. The minimum absolute atomic E-state index is 0.125. The molecule has 0 spiro atoms. The van der Waals surface area contributed by atoms with Crippen LogP contribution in [0.2, 0.25) is 0 Å². The van der Waals surface area contributed by atoms with E-state index >= 15 is 0 Å². The molecule has 0 aliphatic carbocycles. The van der Waals surface area contributed by atoms with E-state index < -0.39 is 35.7 Å². The summed E-state index contributed by atoms with van der Waals surface area (Å²) in [6.45, 7) is 3.22. The van der Waals surface area contributed by atoms with Crippen molar-refractivity contribution < 1.29 is 37.0 Å². The molecule has 1 N–H and O–H groups in total. The summed E-state index contributed by atoms with van der Waals surface area (Å²) in [4.78, 5) is 26.1. The van der Waals surface area contributed by atoms with Gasteiger partial charge in [0.25, 0.3) is 0 Å². The van der Waals surface area contributed by atoms with Crippen LogP contribution in [0.5, 0.6) is 0 Å². The van der Waals surface area contributed by atoms with Crippen LogP contribution in [0.4, 0.5) is 22.4 Å². The molecule has 0 bridgehead atoms. The van der Waals surface area contributed by atoms with Crippen LogP contribution in [0.15, 0.2) is 18.2 Å². The summed E-state index contributed by atoms with van der Waals surface area (Å²) in [5.41, 5.74) is -1.67. The van der Waals surface area contributed by atoms with E-state index in [4.69, 9.17) is 9.84 Å². The number of carboxylic acids is 1. The summed E-state index contributed by atoms with van der Waals surface area (Å²) in [6, 6.07) is 3.13. The first kappa shape index (κ1) is 21.9. The molecule has 0 radical (unpaired) electrons. The molecule has 0 saturated carbocycles. The summed E-state index contributed by atoms with van der Waals surface area (Å²) >= 11 is 0. The van der Waals surface area contributed by atoms with Crippen LogP contribution in [-0.2, 0) is 17.5 Å². The second-order valence-corrected chi connectivity index (χ2v) is 6.53. The maximum absolute atomic E-state index is 13.4. The first-order valence-electron chi connectivity index (χ1n) is 8.87. The second-order valence-electron chi connectivity index (χ2n) is 6.53. The van der Waals surface area contributed by atoms with Crippen molar-refractivity contribution in [3.63, 3.8) is 0 Å². The van der Waals surface area contributed by atoms with E-state index in [9.17, 15) is 27.2 Å². The molecule has 1 fully saturated rings. The number of nitrogens with zero attached hydrogens (tertiary/aromatic N) is 2. The molecule has 1 aliphatic rings. The van der Waals surface area contributed by atoms with Gasteiger partial charge in [-0.2, -0.15) is 13.2 Å². The highest BCUT2D eigenvalue weighted by Gasteiger charge is 2.35. The van der Waals surface area contributed by atoms with E-state index in [1.54, 1.807) is 6.92 Å². The van der Waals surface area contributed by atoms with Crippen molar-refractivity contribution in [3.05, 3.63) is 34.9 Å². The summed E-state index contributed by atoms with van der Waals surface area (Å²) < 4.78 is 57.4. The summed E-state index contributed by atoms with van der Waals surface area (Å²) in [6.07, 6.45) is -6.49. The summed E-state index contributed by atoms with van der Waals surface area (Å²) in [5, 5.41) is 8.93. The van der Waals surface area contributed by atoms with E-state index in [0.29, 0.717) is 25.1 Å². The third-order valence-corrected chi connectivity index (χ3v) is 4.40. The first-order chi connectivity index (χ1) is 13.1. The number of carboxylic acid groups (broad SMARTS) is 1. The lowest BCUT2D eigenvalue weighted by Gasteiger charge is -2.34. The largest absolute Gasteiger partial charge is 0.478 e. The van der Waals surface area contributed by atoms with Crippen molar-refractivity contribution in [1.29, 1.82) is 0 Å². The number of piperazine rings is 1. The molecule has 156 valence electrons. The maximum Gasteiger partial charge on any atom is 0.417 e. The van der Waals surface area contributed by atoms with Gasteiger partial charge in [-0.3, -0.25) is 4.90 Å². The van der Waals surface area contributed by atoms with Crippen LogP contribution in [0.1, 0.15) is 41.3 Å². The van der Waals surface area contributed by atoms with Gasteiger partial charge in [0.05, 0.1) is 11.1 Å². The van der Waals surface area contributed by atoms with Crippen molar-refractivity contribution >= 4 is 12.1 Å². The number of amides is 1. The third kappa shape index (κ3) is 5.82. The highest BCUT2D eigenvalue weighted by Crippen LogP contribution is 2.33. The molecule has 1 heterocycles. The van der Waals surface area contributed by atoms with Crippen LogP contribution >= 0.6 is 0 Å². The van der Waals surface area contributed by atoms with Crippen LogP contribution in [-0.4, -0.2) is 59.5 Å². The molecule has 1 aromatic carbocycles. The zero-order valence-corrected chi connectivity index (χ0v) is 15.3. The van der Waals surface area contributed by atoms with Gasteiger partial charge in [0.15, 0.2) is 0 Å². The number of halogens is 4.